The summed E-state index contributed by atoms with van der Waals surface area (Å²) in [5.41, 5.74) is 2.01. The smallest absolute Gasteiger partial charge is 0.237 e. The molecule has 2 rings (SSSR count). The topological polar surface area (TPSA) is 186 Å². The lowest BCUT2D eigenvalue weighted by Gasteiger charge is -2.15. The van der Waals surface area contributed by atoms with Gasteiger partial charge in [0.15, 0.2) is 0 Å². The maximum atomic E-state index is 11.3. The van der Waals surface area contributed by atoms with E-state index in [1.54, 1.807) is 0 Å². The summed E-state index contributed by atoms with van der Waals surface area (Å²) in [6.45, 7) is 0. The molecular formula is C13H6N4O6S2-2. The Hall–Kier alpha value is -3.03. The molecule has 0 aliphatic heterocycles. The highest BCUT2D eigenvalue weighted by molar-refractivity contribution is 7.86. The van der Waals surface area contributed by atoms with Crippen molar-refractivity contribution in [1.82, 2.24) is 0 Å². The molecule has 12 heteroatoms. The largest absolute Gasteiger partial charge is 0.744 e. The molecule has 0 saturated heterocycles. The van der Waals surface area contributed by atoms with E-state index in [9.17, 15) is 25.9 Å². The van der Waals surface area contributed by atoms with Crippen LogP contribution < -0.4 is 5.43 Å². The van der Waals surface area contributed by atoms with Gasteiger partial charge >= 0.3 is 0 Å². The lowest BCUT2D eigenvalue weighted by atomic mass is 10.1. The summed E-state index contributed by atoms with van der Waals surface area (Å²) in [5.74, 6) is 0. The number of nitrogens with one attached hydrogen (secondary N) is 1. The minimum absolute atomic E-state index is 0.0398. The number of nitrogens with zero attached hydrogens (tertiary/aromatic N) is 3. The lowest BCUT2D eigenvalue weighted by molar-refractivity contribution is 0.462. The third kappa shape index (κ3) is 4.09. The molecule has 0 heterocycles. The fourth-order valence-electron chi connectivity index (χ4n) is 1.92. The number of benzene rings is 2. The number of hydrogen-bond acceptors (Lipinski definition) is 10. The fraction of sp³-hybridized carbons (Fsp3) is 0. The van der Waals surface area contributed by atoms with Crippen LogP contribution in [0.1, 0.15) is 0 Å². The van der Waals surface area contributed by atoms with Gasteiger partial charge in [0, 0.05) is 0 Å². The molecule has 128 valence electrons. The van der Waals surface area contributed by atoms with Gasteiger partial charge in [-0.2, -0.15) is 15.6 Å². The Balaban J connectivity index is 2.72. The Morgan fingerprint density at radius 1 is 1.00 bits per heavy atom. The van der Waals surface area contributed by atoms with Crippen molar-refractivity contribution in [2.75, 3.05) is 5.43 Å². The summed E-state index contributed by atoms with van der Waals surface area (Å²) < 4.78 is 67.5. The lowest BCUT2D eigenvalue weighted by Crippen LogP contribution is -2.05. The van der Waals surface area contributed by atoms with E-state index in [4.69, 9.17) is 10.5 Å². The maximum Gasteiger partial charge on any atom is 0.237 e. The Morgan fingerprint density at radius 2 is 1.64 bits per heavy atom. The first-order chi connectivity index (χ1) is 11.6. The molecule has 0 aliphatic rings. The molecule has 0 radical (unpaired) electrons. The first kappa shape index (κ1) is 18.3. The number of hydrazone groups is 1. The van der Waals surface area contributed by atoms with E-state index in [2.05, 4.69) is 10.5 Å². The van der Waals surface area contributed by atoms with Crippen molar-refractivity contribution in [3.05, 3.63) is 30.3 Å². The number of nitriles is 2. The van der Waals surface area contributed by atoms with Gasteiger partial charge in [-0.15, -0.1) is 0 Å². The van der Waals surface area contributed by atoms with E-state index in [1.807, 2.05) is 0 Å². The monoisotopic (exact) mass is 378 g/mol. The van der Waals surface area contributed by atoms with Crippen LogP contribution in [0.2, 0.25) is 0 Å². The van der Waals surface area contributed by atoms with Crippen LogP contribution in [0.4, 0.5) is 5.69 Å². The summed E-state index contributed by atoms with van der Waals surface area (Å²) in [5, 5.41) is 20.5. The second kappa shape index (κ2) is 6.46. The molecule has 0 aromatic heterocycles. The Bertz CT molecular complexity index is 1170. The van der Waals surface area contributed by atoms with E-state index in [0.29, 0.717) is 6.07 Å². The van der Waals surface area contributed by atoms with Crippen molar-refractivity contribution in [2.24, 2.45) is 5.10 Å². The summed E-state index contributed by atoms with van der Waals surface area (Å²) in [6.07, 6.45) is 0. The van der Waals surface area contributed by atoms with Crippen LogP contribution in [0.25, 0.3) is 10.8 Å². The zero-order valence-electron chi connectivity index (χ0n) is 12.0. The number of hydrogen-bond donors (Lipinski definition) is 1. The van der Waals surface area contributed by atoms with E-state index in [0.717, 1.165) is 6.07 Å². The predicted molar refractivity (Wildman–Crippen MR) is 82.2 cm³/mol. The molecule has 0 bridgehead atoms. The summed E-state index contributed by atoms with van der Waals surface area (Å²) in [6, 6.07) is 8.09. The van der Waals surface area contributed by atoms with Crippen LogP contribution in [0.15, 0.2) is 45.2 Å². The van der Waals surface area contributed by atoms with E-state index in [1.165, 1.54) is 30.3 Å². The molecule has 1 N–H and O–H groups in total. The highest BCUT2D eigenvalue weighted by Crippen LogP contribution is 2.29. The second-order valence-corrected chi connectivity index (χ2v) is 7.29. The average Bonchev–Trinajstić information content (AvgIpc) is 2.52. The third-order valence-electron chi connectivity index (χ3n) is 2.95. The van der Waals surface area contributed by atoms with Crippen LogP contribution in [-0.4, -0.2) is 31.7 Å². The van der Waals surface area contributed by atoms with E-state index in [-0.39, 0.29) is 16.5 Å². The third-order valence-corrected chi connectivity index (χ3v) is 4.64. The van der Waals surface area contributed by atoms with Crippen LogP contribution in [-0.2, 0) is 20.2 Å². The van der Waals surface area contributed by atoms with Gasteiger partial charge in [-0.1, -0.05) is 6.07 Å². The molecule has 0 aliphatic carbocycles. The highest BCUT2D eigenvalue weighted by atomic mass is 32.2. The first-order valence-corrected chi connectivity index (χ1v) is 9.01. The highest BCUT2D eigenvalue weighted by Gasteiger charge is 2.13. The minimum atomic E-state index is -5.05. The summed E-state index contributed by atoms with van der Waals surface area (Å²) in [7, 11) is -10.1. The van der Waals surface area contributed by atoms with Gasteiger partial charge in [-0.05, 0) is 35.0 Å². The second-order valence-electron chi connectivity index (χ2n) is 4.56. The molecule has 0 unspecified atom stereocenters. The van der Waals surface area contributed by atoms with Crippen LogP contribution >= 0.6 is 0 Å². The molecule has 25 heavy (non-hydrogen) atoms. The van der Waals surface area contributed by atoms with Crippen molar-refractivity contribution < 1.29 is 25.9 Å². The molecule has 0 spiro atoms. The first-order valence-electron chi connectivity index (χ1n) is 6.20. The number of rotatable bonds is 4. The number of anilines is 1. The normalized spacial score (nSPS) is 11.4. The zero-order chi connectivity index (χ0) is 18.8. The standard InChI is InChI=1S/C13H8N4O6S2/c14-6-10(7-15)17-16-9-1-2-12-8(3-9)4-11(24(18,19)20)5-13(12)25(21,22)23/h1-5,16H,(H,18,19,20)(H,21,22,23)/p-2. The quantitative estimate of drug-likeness (QED) is 0.448. The molecule has 2 aromatic carbocycles. The molecule has 0 atom stereocenters. The zero-order valence-corrected chi connectivity index (χ0v) is 13.6. The Kier molecular flexibility index (Phi) is 4.73. The van der Waals surface area contributed by atoms with Gasteiger partial charge in [0.05, 0.1) is 15.5 Å². The van der Waals surface area contributed by atoms with Gasteiger partial charge in [0.2, 0.25) is 5.71 Å². The van der Waals surface area contributed by atoms with Gasteiger partial charge in [0.25, 0.3) is 0 Å². The average molecular weight is 378 g/mol. The van der Waals surface area contributed by atoms with Crippen LogP contribution in [0.5, 0.6) is 0 Å². The Labute approximate surface area is 142 Å². The van der Waals surface area contributed by atoms with Gasteiger partial charge in [-0.3, -0.25) is 5.43 Å². The predicted octanol–water partition coefficient (Wildman–Crippen LogP) is 0.463. The molecule has 10 nitrogen and oxygen atoms in total. The van der Waals surface area contributed by atoms with Gasteiger partial charge in [-0.25, -0.2) is 16.8 Å². The van der Waals surface area contributed by atoms with Crippen molar-refractivity contribution in [3.8, 4) is 12.1 Å². The van der Waals surface area contributed by atoms with Crippen molar-refractivity contribution in [2.45, 2.75) is 9.79 Å². The fourth-order valence-corrected chi connectivity index (χ4v) is 3.26. The summed E-state index contributed by atoms with van der Waals surface area (Å²) in [4.78, 5) is -1.74. The van der Waals surface area contributed by atoms with E-state index < -0.39 is 35.7 Å². The molecule has 2 aromatic rings. The van der Waals surface area contributed by atoms with Crippen LogP contribution in [0.3, 0.4) is 0 Å². The molecule has 0 saturated carbocycles. The van der Waals surface area contributed by atoms with Crippen molar-refractivity contribution in [1.29, 1.82) is 10.5 Å². The number of fused-ring (bicyclic) bond motifs is 1. The van der Waals surface area contributed by atoms with Gasteiger partial charge in [0.1, 0.15) is 32.4 Å². The van der Waals surface area contributed by atoms with Crippen LogP contribution in [0, 0.1) is 22.7 Å². The maximum absolute atomic E-state index is 11.3. The minimum Gasteiger partial charge on any atom is -0.744 e. The summed E-state index contributed by atoms with van der Waals surface area (Å²) >= 11 is 0. The van der Waals surface area contributed by atoms with Crippen molar-refractivity contribution in [3.63, 3.8) is 0 Å². The molecule has 0 fully saturated rings. The molecular weight excluding hydrogens is 372 g/mol. The molecule has 0 amide bonds. The van der Waals surface area contributed by atoms with E-state index >= 15 is 0 Å². The Morgan fingerprint density at radius 3 is 2.16 bits per heavy atom. The van der Waals surface area contributed by atoms with Gasteiger partial charge < -0.3 is 9.11 Å². The SMILES string of the molecule is N#CC(C#N)=NNc1ccc2c(S(=O)(=O)[O-])cc(S(=O)(=O)[O-])cc2c1. The van der Waals surface area contributed by atoms with Crippen molar-refractivity contribution >= 4 is 42.4 Å².